The first-order valence-electron chi connectivity index (χ1n) is 11.5. The van der Waals surface area contributed by atoms with E-state index < -0.39 is 11.8 Å². The highest BCUT2D eigenvalue weighted by Crippen LogP contribution is 2.68. The predicted octanol–water partition coefficient (Wildman–Crippen LogP) is 4.57. The number of methoxy groups -OCH3 is 1. The summed E-state index contributed by atoms with van der Waals surface area (Å²) in [7, 11) is 1.36. The Labute approximate surface area is 184 Å². The van der Waals surface area contributed by atoms with E-state index in [1.54, 1.807) is 21.0 Å². The number of benzene rings is 1. The number of fused-ring (bicyclic) bond motifs is 1. The van der Waals surface area contributed by atoms with Gasteiger partial charge in [0.1, 0.15) is 17.1 Å². The lowest BCUT2D eigenvalue weighted by Gasteiger charge is -2.64. The van der Waals surface area contributed by atoms with Gasteiger partial charge < -0.3 is 23.5 Å². The van der Waals surface area contributed by atoms with Crippen molar-refractivity contribution in [1.29, 1.82) is 0 Å². The van der Waals surface area contributed by atoms with Gasteiger partial charge in [-0.25, -0.2) is 4.79 Å². The average molecular weight is 426 g/mol. The van der Waals surface area contributed by atoms with Crippen LogP contribution in [-0.4, -0.2) is 37.7 Å². The molecule has 6 aliphatic rings. The summed E-state index contributed by atoms with van der Waals surface area (Å²) in [4.78, 5) is 12.7. The zero-order chi connectivity index (χ0) is 21.9. The SMILES string of the molecule is COc1ccc([C@@H]2C[C@@H]2B2OC3CC4CC(C4(C)C)[C@]3(C)O2)c2c1C(=O)OC(C)(C)O2. The van der Waals surface area contributed by atoms with Crippen LogP contribution in [0.1, 0.15) is 75.7 Å². The molecule has 7 rings (SSSR count). The van der Waals surface area contributed by atoms with Crippen LogP contribution >= 0.6 is 0 Å². The van der Waals surface area contributed by atoms with Gasteiger partial charge in [-0.1, -0.05) is 19.9 Å². The fourth-order valence-corrected chi connectivity index (χ4v) is 6.84. The summed E-state index contributed by atoms with van der Waals surface area (Å²) in [6.07, 6.45) is 3.49. The van der Waals surface area contributed by atoms with Crippen LogP contribution in [0.15, 0.2) is 12.1 Å². The number of rotatable bonds is 3. The van der Waals surface area contributed by atoms with Crippen molar-refractivity contribution in [2.75, 3.05) is 7.11 Å². The van der Waals surface area contributed by atoms with E-state index in [1.807, 2.05) is 12.1 Å². The lowest BCUT2D eigenvalue weighted by atomic mass is 9.43. The molecule has 5 fully saturated rings. The summed E-state index contributed by atoms with van der Waals surface area (Å²) in [5.74, 6) is 1.44. The second-order valence-electron chi connectivity index (χ2n) is 11.3. The van der Waals surface area contributed by atoms with Gasteiger partial charge in [0.15, 0.2) is 0 Å². The fourth-order valence-electron chi connectivity index (χ4n) is 6.84. The molecule has 31 heavy (non-hydrogen) atoms. The van der Waals surface area contributed by atoms with Crippen LogP contribution in [-0.2, 0) is 14.0 Å². The summed E-state index contributed by atoms with van der Waals surface area (Å²) in [5, 5.41) is 0. The molecule has 0 radical (unpaired) electrons. The van der Waals surface area contributed by atoms with Crippen LogP contribution in [0.3, 0.4) is 0 Å². The highest BCUT2D eigenvalue weighted by Gasteiger charge is 2.70. The normalized spacial score (nSPS) is 40.8. The molecule has 0 N–H and O–H groups in total. The van der Waals surface area contributed by atoms with Gasteiger partial charge in [-0.05, 0) is 61.0 Å². The average Bonchev–Trinajstić information content (AvgIpc) is 3.39. The van der Waals surface area contributed by atoms with Crippen LogP contribution in [0, 0.1) is 17.3 Å². The molecule has 0 aromatic heterocycles. The molecular weight excluding hydrogens is 395 g/mol. The van der Waals surface area contributed by atoms with E-state index in [1.165, 1.54) is 6.42 Å². The van der Waals surface area contributed by atoms with Gasteiger partial charge in [-0.3, -0.25) is 0 Å². The lowest BCUT2D eigenvalue weighted by molar-refractivity contribution is -0.199. The van der Waals surface area contributed by atoms with Crippen molar-refractivity contribution < 1.29 is 28.3 Å². The van der Waals surface area contributed by atoms with Crippen LogP contribution in [0.25, 0.3) is 0 Å². The molecule has 0 amide bonds. The van der Waals surface area contributed by atoms with Crippen LogP contribution in [0.4, 0.5) is 0 Å². The maximum Gasteiger partial charge on any atom is 0.461 e. The lowest BCUT2D eigenvalue weighted by Crippen LogP contribution is -2.65. The molecule has 6 atom stereocenters. The summed E-state index contributed by atoms with van der Waals surface area (Å²) in [5.41, 5.74) is 1.53. The highest BCUT2D eigenvalue weighted by molar-refractivity contribution is 6.49. The molecule has 2 aliphatic heterocycles. The minimum Gasteiger partial charge on any atom is -0.496 e. The maximum absolute atomic E-state index is 12.7. The number of cyclic esters (lactones) is 1. The van der Waals surface area contributed by atoms with E-state index in [4.69, 9.17) is 23.5 Å². The Morgan fingerprint density at radius 3 is 2.55 bits per heavy atom. The smallest absolute Gasteiger partial charge is 0.461 e. The van der Waals surface area contributed by atoms with E-state index in [-0.39, 0.29) is 30.6 Å². The Morgan fingerprint density at radius 2 is 1.84 bits per heavy atom. The Hall–Kier alpha value is -1.73. The molecule has 0 spiro atoms. The minimum absolute atomic E-state index is 0.186. The highest BCUT2D eigenvalue weighted by atomic mass is 16.7. The van der Waals surface area contributed by atoms with E-state index >= 15 is 0 Å². The number of carbonyl (C=O) groups excluding carboxylic acids is 1. The van der Waals surface area contributed by atoms with Gasteiger partial charge in [0, 0.05) is 19.7 Å². The number of carbonyl (C=O) groups is 1. The summed E-state index contributed by atoms with van der Waals surface area (Å²) >= 11 is 0. The zero-order valence-electron chi connectivity index (χ0n) is 19.2. The molecular formula is C24H31BO6. The summed E-state index contributed by atoms with van der Waals surface area (Å²) in [6.45, 7) is 10.5. The van der Waals surface area contributed by atoms with E-state index in [0.717, 1.165) is 24.3 Å². The first-order chi connectivity index (χ1) is 14.5. The predicted molar refractivity (Wildman–Crippen MR) is 114 cm³/mol. The third kappa shape index (κ3) is 2.62. The monoisotopic (exact) mass is 426 g/mol. The van der Waals surface area contributed by atoms with Crippen molar-refractivity contribution in [3.05, 3.63) is 23.3 Å². The third-order valence-corrected chi connectivity index (χ3v) is 8.82. The van der Waals surface area contributed by atoms with Crippen LogP contribution in [0.5, 0.6) is 11.5 Å². The molecule has 166 valence electrons. The van der Waals surface area contributed by atoms with Crippen molar-refractivity contribution in [2.24, 2.45) is 17.3 Å². The minimum atomic E-state index is -1.01. The molecule has 4 saturated carbocycles. The Morgan fingerprint density at radius 1 is 1.06 bits per heavy atom. The quantitative estimate of drug-likeness (QED) is 0.522. The largest absolute Gasteiger partial charge is 0.496 e. The number of ether oxygens (including phenoxy) is 3. The second-order valence-corrected chi connectivity index (χ2v) is 11.3. The molecule has 2 bridgehead atoms. The summed E-state index contributed by atoms with van der Waals surface area (Å²) < 4.78 is 30.2. The molecule has 1 aromatic rings. The van der Waals surface area contributed by atoms with Gasteiger partial charge >= 0.3 is 13.1 Å². The third-order valence-electron chi connectivity index (χ3n) is 8.82. The fraction of sp³-hybridized carbons (Fsp3) is 0.708. The number of hydrogen-bond donors (Lipinski definition) is 0. The van der Waals surface area contributed by atoms with Crippen molar-refractivity contribution in [2.45, 2.75) is 83.1 Å². The number of esters is 1. The van der Waals surface area contributed by atoms with E-state index in [0.29, 0.717) is 28.4 Å². The zero-order valence-corrected chi connectivity index (χ0v) is 19.2. The first-order valence-corrected chi connectivity index (χ1v) is 11.5. The van der Waals surface area contributed by atoms with Gasteiger partial charge in [0.05, 0.1) is 18.8 Å². The van der Waals surface area contributed by atoms with Gasteiger partial charge in [0.25, 0.3) is 0 Å². The van der Waals surface area contributed by atoms with Crippen molar-refractivity contribution >= 4 is 13.1 Å². The van der Waals surface area contributed by atoms with E-state index in [2.05, 4.69) is 20.8 Å². The second kappa shape index (κ2) is 5.99. The van der Waals surface area contributed by atoms with Crippen molar-refractivity contribution in [3.8, 4) is 11.5 Å². The topological polar surface area (TPSA) is 63.2 Å². The molecule has 1 saturated heterocycles. The number of hydrogen-bond acceptors (Lipinski definition) is 6. The molecule has 7 heteroatoms. The van der Waals surface area contributed by atoms with Crippen LogP contribution < -0.4 is 9.47 Å². The Kier molecular flexibility index (Phi) is 3.85. The molecule has 2 heterocycles. The molecule has 4 aliphatic carbocycles. The van der Waals surface area contributed by atoms with Gasteiger partial charge in [-0.2, -0.15) is 0 Å². The standard InChI is InChI=1S/C24H31BO6/c1-22(2)12-9-17(22)24(5)18(10-12)30-25(31-24)15-11-14(15)13-7-8-16(27-6)19-20(13)28-23(3,4)29-21(19)26/h7-8,12,14-15,17-18H,9-11H2,1-6H3/t12?,14-,15-,17?,18?,24-/m0/s1. The Bertz CT molecular complexity index is 973. The van der Waals surface area contributed by atoms with Crippen LogP contribution in [0.2, 0.25) is 5.82 Å². The molecule has 1 aromatic carbocycles. The molecule has 3 unspecified atom stereocenters. The summed E-state index contributed by atoms with van der Waals surface area (Å²) in [6, 6.07) is 3.85. The Balaban J connectivity index is 1.28. The molecule has 6 nitrogen and oxygen atoms in total. The van der Waals surface area contributed by atoms with Gasteiger partial charge in [-0.15, -0.1) is 0 Å². The first kappa shape index (κ1) is 19.9. The van der Waals surface area contributed by atoms with Crippen molar-refractivity contribution in [1.82, 2.24) is 0 Å². The maximum atomic E-state index is 12.7. The van der Waals surface area contributed by atoms with E-state index in [9.17, 15) is 4.79 Å². The van der Waals surface area contributed by atoms with Crippen molar-refractivity contribution in [3.63, 3.8) is 0 Å². The van der Waals surface area contributed by atoms with Gasteiger partial charge in [0.2, 0.25) is 5.79 Å².